The van der Waals surface area contributed by atoms with Gasteiger partial charge in [-0.25, -0.2) is 4.79 Å². The summed E-state index contributed by atoms with van der Waals surface area (Å²) >= 11 is 0. The fourth-order valence-corrected chi connectivity index (χ4v) is 8.87. The summed E-state index contributed by atoms with van der Waals surface area (Å²) in [6, 6.07) is 0. The second-order valence-electron chi connectivity index (χ2n) is 12.3. The summed E-state index contributed by atoms with van der Waals surface area (Å²) in [6.07, 6.45) is 8.44. The van der Waals surface area contributed by atoms with Gasteiger partial charge in [-0.15, -0.1) is 0 Å². The van der Waals surface area contributed by atoms with Crippen molar-refractivity contribution >= 4 is 17.8 Å². The molecule has 0 radical (unpaired) electrons. The Hall–Kier alpha value is -1.77. The van der Waals surface area contributed by atoms with Crippen molar-refractivity contribution in [2.45, 2.75) is 95.9 Å². The zero-order valence-corrected chi connectivity index (χ0v) is 20.8. The molecule has 9 atom stereocenters. The second-order valence-corrected chi connectivity index (χ2v) is 12.3. The molecule has 194 valence electrons. The molecule has 0 aromatic heterocycles. The molecule has 0 bridgehead atoms. The van der Waals surface area contributed by atoms with Gasteiger partial charge in [0.15, 0.2) is 0 Å². The fraction of sp³-hybridized carbons (Fsp3) is 0.815. The first-order chi connectivity index (χ1) is 16.5. The summed E-state index contributed by atoms with van der Waals surface area (Å²) in [5.41, 5.74) is -0.507. The topological polar surface area (TPSA) is 133 Å². The summed E-state index contributed by atoms with van der Waals surface area (Å²) in [4.78, 5) is 31.9. The van der Waals surface area contributed by atoms with Crippen LogP contribution in [-0.4, -0.2) is 57.5 Å². The lowest BCUT2D eigenvalue weighted by Crippen LogP contribution is -2.67. The lowest BCUT2D eigenvalue weighted by molar-refractivity contribution is -0.244. The van der Waals surface area contributed by atoms with Crippen molar-refractivity contribution < 1.29 is 34.4 Å². The Balaban J connectivity index is 0.000000313. The van der Waals surface area contributed by atoms with Gasteiger partial charge in [0.05, 0.1) is 17.8 Å². The number of rotatable bonds is 1. The number of esters is 1. The average molecular weight is 490 g/mol. The summed E-state index contributed by atoms with van der Waals surface area (Å²) in [7, 11) is 0. The number of hydrogen-bond donors (Lipinski definition) is 4. The van der Waals surface area contributed by atoms with Gasteiger partial charge in [-0.05, 0) is 86.0 Å². The number of imide groups is 1. The number of carbonyl (C=O) groups is 3. The Labute approximate surface area is 206 Å². The third kappa shape index (κ3) is 3.78. The first kappa shape index (κ1) is 24.9. The number of cyclic esters (lactones) is 1. The zero-order valence-electron chi connectivity index (χ0n) is 20.8. The van der Waals surface area contributed by atoms with Gasteiger partial charge >= 0.3 is 5.97 Å². The molecule has 2 heterocycles. The fourth-order valence-electron chi connectivity index (χ4n) is 8.87. The van der Waals surface area contributed by atoms with Crippen LogP contribution in [0, 0.1) is 34.5 Å². The monoisotopic (exact) mass is 489 g/mol. The van der Waals surface area contributed by atoms with Crippen molar-refractivity contribution in [3.05, 3.63) is 11.6 Å². The molecular weight excluding hydrogens is 450 g/mol. The highest BCUT2D eigenvalue weighted by Crippen LogP contribution is 2.69. The van der Waals surface area contributed by atoms with E-state index in [1.54, 1.807) is 6.08 Å². The van der Waals surface area contributed by atoms with E-state index in [0.29, 0.717) is 44.1 Å². The minimum atomic E-state index is -0.906. The molecule has 0 unspecified atom stereocenters. The molecule has 2 aliphatic heterocycles. The van der Waals surface area contributed by atoms with Crippen LogP contribution in [0.25, 0.3) is 0 Å². The van der Waals surface area contributed by atoms with Crippen LogP contribution in [0.4, 0.5) is 0 Å². The van der Waals surface area contributed by atoms with E-state index in [1.165, 1.54) is 0 Å². The molecular formula is C27H39NO7. The molecule has 5 fully saturated rings. The third-order valence-corrected chi connectivity index (χ3v) is 10.9. The minimum absolute atomic E-state index is 0.00129. The van der Waals surface area contributed by atoms with Gasteiger partial charge in [-0.3, -0.25) is 14.9 Å². The van der Waals surface area contributed by atoms with E-state index in [4.69, 9.17) is 4.74 Å². The number of aliphatic hydroxyl groups is 3. The lowest BCUT2D eigenvalue weighted by Gasteiger charge is -2.64. The van der Waals surface area contributed by atoms with Crippen molar-refractivity contribution in [2.75, 3.05) is 6.61 Å². The number of aliphatic hydroxyl groups excluding tert-OH is 2. The van der Waals surface area contributed by atoms with Gasteiger partial charge in [0, 0.05) is 24.3 Å². The summed E-state index contributed by atoms with van der Waals surface area (Å²) in [5.74, 6) is 0.361. The van der Waals surface area contributed by atoms with Gasteiger partial charge in [0.25, 0.3) is 0 Å². The van der Waals surface area contributed by atoms with Gasteiger partial charge < -0.3 is 20.1 Å². The van der Waals surface area contributed by atoms with Crippen LogP contribution in [0.2, 0.25) is 0 Å². The first-order valence-electron chi connectivity index (χ1n) is 13.3. The SMILES string of the molecule is C[C@]12CC[C@H](O)C[C@H]1CC[C@@H]1[C@@H]2C[C@@H](O)[C@]2(C)[C@@H](C3=CC(=O)OC3)CC[C@]12O.O=C1CCC(=O)N1. The molecule has 1 saturated heterocycles. The van der Waals surface area contributed by atoms with E-state index in [-0.39, 0.29) is 41.1 Å². The standard InChI is InChI=1S/C23H34O5.C4H5NO2/c1-21-7-5-15(24)10-14(21)3-4-17-18(21)11-19(25)22(2)16(6-8-23(17,22)27)13-9-20(26)28-12-13;6-3-1-2-4(7)5-3/h9,14-19,24-25,27H,3-8,10-12H2,1-2H3;1-2H2,(H,5,6,7)/t14-,15+,16-,17-,18+,19-,21+,22+,23+;/m1./s1. The van der Waals surface area contributed by atoms with Crippen LogP contribution < -0.4 is 5.32 Å². The molecule has 6 rings (SSSR count). The van der Waals surface area contributed by atoms with Gasteiger partial charge in [0.1, 0.15) is 6.61 Å². The molecule has 0 aromatic carbocycles. The molecule has 0 aromatic rings. The van der Waals surface area contributed by atoms with Crippen LogP contribution in [0.15, 0.2) is 11.6 Å². The Kier molecular flexibility index (Phi) is 6.17. The second kappa shape index (κ2) is 8.67. The van der Waals surface area contributed by atoms with Crippen LogP contribution in [-0.2, 0) is 19.1 Å². The number of amides is 2. The third-order valence-electron chi connectivity index (χ3n) is 10.9. The maximum absolute atomic E-state index is 12.1. The van der Waals surface area contributed by atoms with Crippen molar-refractivity contribution in [2.24, 2.45) is 34.5 Å². The van der Waals surface area contributed by atoms with E-state index in [1.807, 2.05) is 6.92 Å². The number of fused-ring (bicyclic) bond motifs is 5. The molecule has 8 nitrogen and oxygen atoms in total. The van der Waals surface area contributed by atoms with Crippen LogP contribution in [0.5, 0.6) is 0 Å². The van der Waals surface area contributed by atoms with Crippen LogP contribution in [0.1, 0.15) is 78.1 Å². The molecule has 6 aliphatic rings. The number of ether oxygens (including phenoxy) is 1. The molecule has 4 saturated carbocycles. The quantitative estimate of drug-likeness (QED) is 0.327. The van der Waals surface area contributed by atoms with E-state index >= 15 is 0 Å². The highest BCUT2D eigenvalue weighted by molar-refractivity contribution is 6.01. The van der Waals surface area contributed by atoms with Gasteiger partial charge in [0.2, 0.25) is 11.8 Å². The average Bonchev–Trinajstić information content (AvgIpc) is 3.48. The highest BCUT2D eigenvalue weighted by atomic mass is 16.5. The molecule has 0 spiro atoms. The maximum Gasteiger partial charge on any atom is 0.331 e. The van der Waals surface area contributed by atoms with E-state index < -0.39 is 17.1 Å². The molecule has 4 N–H and O–H groups in total. The Morgan fingerprint density at radius 3 is 2.26 bits per heavy atom. The van der Waals surface area contributed by atoms with Gasteiger partial charge in [-0.1, -0.05) is 13.8 Å². The first-order valence-corrected chi connectivity index (χ1v) is 13.3. The predicted molar refractivity (Wildman–Crippen MR) is 125 cm³/mol. The normalized spacial score (nSPS) is 48.6. The van der Waals surface area contributed by atoms with Crippen LogP contribution in [0.3, 0.4) is 0 Å². The van der Waals surface area contributed by atoms with Crippen molar-refractivity contribution in [3.8, 4) is 0 Å². The van der Waals surface area contributed by atoms with E-state index in [9.17, 15) is 29.7 Å². The zero-order chi connectivity index (χ0) is 25.2. The van der Waals surface area contributed by atoms with E-state index in [0.717, 1.165) is 44.1 Å². The minimum Gasteiger partial charge on any atom is -0.458 e. The summed E-state index contributed by atoms with van der Waals surface area (Å²) in [6.45, 7) is 4.69. The Morgan fingerprint density at radius 2 is 1.66 bits per heavy atom. The highest BCUT2D eigenvalue weighted by Gasteiger charge is 2.70. The number of hydrogen-bond acceptors (Lipinski definition) is 7. The van der Waals surface area contributed by atoms with Crippen molar-refractivity contribution in [1.82, 2.24) is 5.32 Å². The number of carbonyl (C=O) groups excluding carboxylic acids is 3. The Bertz CT molecular complexity index is 934. The van der Waals surface area contributed by atoms with Crippen molar-refractivity contribution in [3.63, 3.8) is 0 Å². The van der Waals surface area contributed by atoms with Crippen molar-refractivity contribution in [1.29, 1.82) is 0 Å². The summed E-state index contributed by atoms with van der Waals surface area (Å²) in [5, 5.41) is 35.9. The molecule has 2 amide bonds. The van der Waals surface area contributed by atoms with Crippen LogP contribution >= 0.6 is 0 Å². The molecule has 4 aliphatic carbocycles. The largest absolute Gasteiger partial charge is 0.458 e. The molecule has 35 heavy (non-hydrogen) atoms. The lowest BCUT2D eigenvalue weighted by atomic mass is 9.42. The maximum atomic E-state index is 12.1. The Morgan fingerprint density at radius 1 is 0.943 bits per heavy atom. The number of nitrogens with one attached hydrogen (secondary N) is 1. The molecule has 8 heteroatoms. The summed E-state index contributed by atoms with van der Waals surface area (Å²) < 4.78 is 5.16. The predicted octanol–water partition coefficient (Wildman–Crippen LogP) is 2.00. The smallest absolute Gasteiger partial charge is 0.331 e. The van der Waals surface area contributed by atoms with E-state index in [2.05, 4.69) is 12.2 Å². The van der Waals surface area contributed by atoms with Gasteiger partial charge in [-0.2, -0.15) is 0 Å².